The largest absolute Gasteiger partial charge is 0.300 e. The van der Waals surface area contributed by atoms with Crippen LogP contribution in [0.3, 0.4) is 0 Å². The van der Waals surface area contributed by atoms with E-state index in [1.807, 2.05) is 0 Å². The molecule has 2 saturated heterocycles. The molecule has 3 nitrogen and oxygen atoms in total. The lowest BCUT2D eigenvalue weighted by atomic mass is 9.87. The van der Waals surface area contributed by atoms with Crippen LogP contribution in [0.2, 0.25) is 0 Å². The molecule has 0 spiro atoms. The van der Waals surface area contributed by atoms with E-state index in [1.54, 1.807) is 10.8 Å². The van der Waals surface area contributed by atoms with Gasteiger partial charge >= 0.3 is 0 Å². The number of nitrogens with one attached hydrogen (secondary N) is 1. The average molecular weight is 346 g/mol. The molecule has 2 rings (SSSR count). The maximum absolute atomic E-state index is 4.46. The van der Waals surface area contributed by atoms with Crippen molar-refractivity contribution in [3.8, 4) is 0 Å². The molecule has 2 atom stereocenters. The predicted octanol–water partition coefficient (Wildman–Crippen LogP) is 3.82. The van der Waals surface area contributed by atoms with Gasteiger partial charge in [0.1, 0.15) is 0 Å². The fourth-order valence-corrected chi connectivity index (χ4v) is 4.68. The van der Waals surface area contributed by atoms with Gasteiger partial charge in [-0.05, 0) is 45.6 Å². The summed E-state index contributed by atoms with van der Waals surface area (Å²) in [6.45, 7) is 14.0. The molecule has 2 aliphatic heterocycles. The van der Waals surface area contributed by atoms with E-state index in [4.69, 9.17) is 0 Å². The van der Waals surface area contributed by atoms with Crippen molar-refractivity contribution in [2.24, 2.45) is 5.92 Å². The van der Waals surface area contributed by atoms with Crippen LogP contribution < -0.4 is 5.32 Å². The summed E-state index contributed by atoms with van der Waals surface area (Å²) >= 11 is 4.46. The summed E-state index contributed by atoms with van der Waals surface area (Å²) in [5, 5.41) is 3.84. The zero-order valence-electron chi connectivity index (χ0n) is 14.8. The second kappa shape index (κ2) is 8.61. The lowest BCUT2D eigenvalue weighted by Crippen LogP contribution is -2.63. The van der Waals surface area contributed by atoms with E-state index in [-0.39, 0.29) is 4.87 Å². The van der Waals surface area contributed by atoms with Gasteiger partial charge in [-0.1, -0.05) is 37.5 Å². The zero-order chi connectivity index (χ0) is 16.2. The zero-order valence-corrected chi connectivity index (χ0v) is 16.6. The Kier molecular flexibility index (Phi) is 7.40. The average Bonchev–Trinajstić information content (AvgIpc) is 2.53. The Bertz CT molecular complexity index is 332. The highest BCUT2D eigenvalue weighted by molar-refractivity contribution is 8.69. The van der Waals surface area contributed by atoms with Gasteiger partial charge in [0.2, 0.25) is 0 Å². The van der Waals surface area contributed by atoms with Gasteiger partial charge in [0.15, 0.2) is 0 Å². The lowest BCUT2D eigenvalue weighted by Gasteiger charge is -2.50. The summed E-state index contributed by atoms with van der Waals surface area (Å²) in [5.74, 6) is 0.821. The first-order chi connectivity index (χ1) is 10.5. The highest BCUT2D eigenvalue weighted by Crippen LogP contribution is 2.35. The van der Waals surface area contributed by atoms with Crippen molar-refractivity contribution in [3.05, 3.63) is 0 Å². The van der Waals surface area contributed by atoms with Crippen LogP contribution in [0.15, 0.2) is 0 Å². The van der Waals surface area contributed by atoms with Crippen molar-refractivity contribution < 1.29 is 0 Å². The van der Waals surface area contributed by atoms with E-state index in [1.165, 1.54) is 51.7 Å². The number of hydrogen-bond acceptors (Lipinski definition) is 5. The van der Waals surface area contributed by atoms with Crippen molar-refractivity contribution in [3.63, 3.8) is 0 Å². The molecule has 0 aliphatic carbocycles. The van der Waals surface area contributed by atoms with Gasteiger partial charge in [-0.2, -0.15) is 0 Å². The Morgan fingerprint density at radius 3 is 2.50 bits per heavy atom. The van der Waals surface area contributed by atoms with E-state index in [2.05, 4.69) is 54.5 Å². The number of likely N-dealkylation sites (tertiary alicyclic amines) is 1. The third kappa shape index (κ3) is 4.56. The molecule has 2 unspecified atom stereocenters. The summed E-state index contributed by atoms with van der Waals surface area (Å²) in [6.07, 6.45) is 6.62. The van der Waals surface area contributed by atoms with Crippen LogP contribution in [0.25, 0.3) is 0 Å². The number of nitrogens with zero attached hydrogens (tertiary/aromatic N) is 2. The smallest absolute Gasteiger partial charge is 0.0714 e. The third-order valence-electron chi connectivity index (χ3n) is 5.53. The topological polar surface area (TPSA) is 18.5 Å². The summed E-state index contributed by atoms with van der Waals surface area (Å²) in [4.78, 5) is 5.46. The fourth-order valence-electron chi connectivity index (χ4n) is 4.05. The van der Waals surface area contributed by atoms with Crippen LogP contribution in [-0.2, 0) is 0 Å². The monoisotopic (exact) mass is 345 g/mol. The van der Waals surface area contributed by atoms with Crippen LogP contribution in [-0.4, -0.2) is 53.1 Å². The van der Waals surface area contributed by atoms with Crippen LogP contribution in [0.4, 0.5) is 0 Å². The molecule has 0 aromatic carbocycles. The van der Waals surface area contributed by atoms with Gasteiger partial charge in [0, 0.05) is 31.8 Å². The Hall–Kier alpha value is 0.580. The molecule has 2 heterocycles. The van der Waals surface area contributed by atoms with Gasteiger partial charge in [-0.15, -0.1) is 11.7 Å². The first-order valence-electron chi connectivity index (χ1n) is 9.06. The number of fused-ring (bicyclic) bond motifs is 1. The summed E-state index contributed by atoms with van der Waals surface area (Å²) in [7, 11) is 1.67. The minimum atomic E-state index is 0.139. The van der Waals surface area contributed by atoms with Crippen molar-refractivity contribution in [1.82, 2.24) is 15.1 Å². The van der Waals surface area contributed by atoms with Crippen LogP contribution in [0, 0.1) is 5.92 Å². The molecule has 2 aliphatic rings. The van der Waals surface area contributed by atoms with Crippen molar-refractivity contribution in [2.75, 3.05) is 26.3 Å². The van der Waals surface area contributed by atoms with E-state index in [9.17, 15) is 0 Å². The normalized spacial score (nSPS) is 28.1. The van der Waals surface area contributed by atoms with E-state index < -0.39 is 0 Å². The fraction of sp³-hybridized carbons (Fsp3) is 1.00. The Labute approximate surface area is 146 Å². The quantitative estimate of drug-likeness (QED) is 0.539. The Morgan fingerprint density at radius 1 is 1.23 bits per heavy atom. The van der Waals surface area contributed by atoms with Gasteiger partial charge in [0.25, 0.3) is 0 Å². The maximum Gasteiger partial charge on any atom is 0.0714 e. The highest BCUT2D eigenvalue weighted by atomic mass is 33.1. The number of hydrogen-bond donors (Lipinski definition) is 2. The number of thiol groups is 1. The van der Waals surface area contributed by atoms with Crippen molar-refractivity contribution in [2.45, 2.75) is 76.8 Å². The first kappa shape index (κ1) is 18.9. The van der Waals surface area contributed by atoms with Gasteiger partial charge < -0.3 is 0 Å². The Balaban J connectivity index is 1.91. The molecule has 1 N–H and O–H groups in total. The first-order valence-corrected chi connectivity index (χ1v) is 10.9. The highest BCUT2D eigenvalue weighted by Gasteiger charge is 2.39. The molecule has 0 aromatic heterocycles. The molecule has 0 saturated carbocycles. The molecule has 22 heavy (non-hydrogen) atoms. The molecule has 0 aromatic rings. The molecule has 0 radical (unpaired) electrons. The minimum Gasteiger partial charge on any atom is -0.300 e. The maximum atomic E-state index is 4.46. The molecule has 130 valence electrons. The molecule has 0 amide bonds. The van der Waals surface area contributed by atoms with Crippen LogP contribution in [0.1, 0.15) is 59.8 Å². The van der Waals surface area contributed by atoms with Crippen LogP contribution >= 0.6 is 22.5 Å². The van der Waals surface area contributed by atoms with Crippen molar-refractivity contribution in [1.29, 1.82) is 0 Å². The Morgan fingerprint density at radius 2 is 1.91 bits per heavy atom. The van der Waals surface area contributed by atoms with E-state index >= 15 is 0 Å². The second-order valence-electron chi connectivity index (χ2n) is 7.50. The molecule has 2 fully saturated rings. The third-order valence-corrected chi connectivity index (χ3v) is 7.57. The minimum absolute atomic E-state index is 0.139. The van der Waals surface area contributed by atoms with E-state index in [0.717, 1.165) is 18.6 Å². The molecule has 0 bridgehead atoms. The van der Waals surface area contributed by atoms with Gasteiger partial charge in [-0.3, -0.25) is 15.1 Å². The summed E-state index contributed by atoms with van der Waals surface area (Å²) in [6, 6.07) is 1.44. The SMILES string of the molecule is CCCC(CCC)N1CNC2CN(C(C)(C)SS)CCC2C1. The number of rotatable bonds is 7. The van der Waals surface area contributed by atoms with Crippen molar-refractivity contribution >= 4 is 22.5 Å². The second-order valence-corrected chi connectivity index (χ2v) is 9.23. The molecular formula is C17H35N3S2. The van der Waals surface area contributed by atoms with E-state index in [0.29, 0.717) is 6.04 Å². The van der Waals surface area contributed by atoms with Gasteiger partial charge in [-0.25, -0.2) is 0 Å². The van der Waals surface area contributed by atoms with Gasteiger partial charge in [0.05, 0.1) is 4.87 Å². The molecular weight excluding hydrogens is 310 g/mol. The standard InChI is InChI=1S/C17H35N3S2/c1-5-7-15(8-6-2)19-11-14-9-10-20(17(3,4)22-21)12-16(14)18-13-19/h14-16,18,21H,5-13H2,1-4H3. The summed E-state index contributed by atoms with van der Waals surface area (Å²) < 4.78 is 0. The van der Waals surface area contributed by atoms with Crippen LogP contribution in [0.5, 0.6) is 0 Å². The lowest BCUT2D eigenvalue weighted by molar-refractivity contribution is 0.0175. The predicted molar refractivity (Wildman–Crippen MR) is 102 cm³/mol. The summed E-state index contributed by atoms with van der Waals surface area (Å²) in [5.41, 5.74) is 0. The number of piperidine rings is 1. The molecule has 5 heteroatoms.